The predicted octanol–water partition coefficient (Wildman–Crippen LogP) is 6.28. The van der Waals surface area contributed by atoms with Crippen LogP contribution in [0.4, 0.5) is 0 Å². The quantitative estimate of drug-likeness (QED) is 0.233. The van der Waals surface area contributed by atoms with Crippen molar-refractivity contribution in [2.75, 3.05) is 0 Å². The molecule has 1 saturated carbocycles. The van der Waals surface area contributed by atoms with Crippen LogP contribution in [0.1, 0.15) is 95.0 Å². The molecule has 1 atom stereocenters. The Labute approximate surface area is 252 Å². The van der Waals surface area contributed by atoms with Gasteiger partial charge in [-0.3, -0.25) is 14.3 Å². The van der Waals surface area contributed by atoms with Gasteiger partial charge in [0.15, 0.2) is 5.82 Å². The minimum absolute atomic E-state index is 0.0553. The number of tetrazole rings is 1. The van der Waals surface area contributed by atoms with Crippen molar-refractivity contribution in [3.05, 3.63) is 75.7 Å². The number of nitrogens with zero attached hydrogens (tertiary/aromatic N) is 5. The molecule has 1 fully saturated rings. The largest absolute Gasteiger partial charge is 0.462 e. The van der Waals surface area contributed by atoms with Crippen LogP contribution in [-0.2, 0) is 28.9 Å². The molecule has 0 bridgehead atoms. The fourth-order valence-electron chi connectivity index (χ4n) is 7.38. The highest BCUT2D eigenvalue weighted by molar-refractivity contribution is 5.80. The lowest BCUT2D eigenvalue weighted by atomic mass is 9.67. The van der Waals surface area contributed by atoms with Gasteiger partial charge in [0.1, 0.15) is 0 Å². The van der Waals surface area contributed by atoms with Gasteiger partial charge in [-0.1, -0.05) is 81.1 Å². The molecular weight excluding hydrogens is 540 g/mol. The Kier molecular flexibility index (Phi) is 8.32. The number of esters is 1. The summed E-state index contributed by atoms with van der Waals surface area (Å²) in [7, 11) is 0. The number of aromatic nitrogens is 6. The van der Waals surface area contributed by atoms with Gasteiger partial charge in [-0.25, -0.2) is 9.78 Å². The molecule has 2 aromatic heterocycles. The van der Waals surface area contributed by atoms with Gasteiger partial charge in [-0.2, -0.15) is 0 Å². The van der Waals surface area contributed by atoms with E-state index in [9.17, 15) is 9.59 Å². The number of nitrogens with one attached hydrogen (secondary N) is 1. The van der Waals surface area contributed by atoms with E-state index in [1.807, 2.05) is 36.7 Å². The number of carbonyl (C=O) groups is 1. The first-order valence-corrected chi connectivity index (χ1v) is 15.9. The smallest absolute Gasteiger partial charge is 0.314 e. The molecule has 0 radical (unpaired) electrons. The van der Waals surface area contributed by atoms with Gasteiger partial charge in [-0.05, 0) is 73.1 Å². The number of H-pyrrole nitrogens is 1. The molecule has 226 valence electrons. The predicted molar refractivity (Wildman–Crippen MR) is 166 cm³/mol. The highest BCUT2D eigenvalue weighted by Gasteiger charge is 2.50. The zero-order valence-electron chi connectivity index (χ0n) is 25.5. The van der Waals surface area contributed by atoms with Gasteiger partial charge in [0.2, 0.25) is 0 Å². The van der Waals surface area contributed by atoms with Gasteiger partial charge in [0, 0.05) is 29.8 Å². The summed E-state index contributed by atoms with van der Waals surface area (Å²) >= 11 is 0. The fraction of sp³-hybridized carbons (Fsp3) is 0.500. The van der Waals surface area contributed by atoms with Gasteiger partial charge in [-0.15, -0.1) is 5.10 Å². The molecule has 2 aliphatic rings. The van der Waals surface area contributed by atoms with Crippen molar-refractivity contribution < 1.29 is 9.53 Å². The van der Waals surface area contributed by atoms with Crippen LogP contribution in [0.15, 0.2) is 53.3 Å². The Morgan fingerprint density at radius 1 is 1.05 bits per heavy atom. The van der Waals surface area contributed by atoms with E-state index in [0.29, 0.717) is 18.8 Å². The van der Waals surface area contributed by atoms with Gasteiger partial charge in [0.05, 0.1) is 17.6 Å². The number of rotatable bonds is 9. The lowest BCUT2D eigenvalue weighted by Crippen LogP contribution is -2.47. The lowest BCUT2D eigenvalue weighted by Gasteiger charge is -2.45. The summed E-state index contributed by atoms with van der Waals surface area (Å²) in [6, 6.07) is 16.4. The Hall–Kier alpha value is -4.01. The molecule has 1 N–H and O–H groups in total. The first-order valence-electron chi connectivity index (χ1n) is 15.9. The molecular formula is C34H42N6O3. The minimum atomic E-state index is -0.579. The third kappa shape index (κ3) is 5.45. The second-order valence-electron chi connectivity index (χ2n) is 12.4. The maximum Gasteiger partial charge on any atom is 0.314 e. The number of aromatic amines is 1. The molecule has 0 spiro atoms. The second kappa shape index (κ2) is 12.3. The van der Waals surface area contributed by atoms with E-state index in [1.54, 1.807) is 0 Å². The molecule has 9 nitrogen and oxygen atoms in total. The number of fused-ring (bicyclic) bond motifs is 1. The summed E-state index contributed by atoms with van der Waals surface area (Å²) in [6.07, 6.45) is 8.76. The topological polar surface area (TPSA) is 108 Å². The number of hydrogen-bond acceptors (Lipinski definition) is 6. The molecule has 1 aliphatic carbocycles. The maximum atomic E-state index is 14.1. The van der Waals surface area contributed by atoms with E-state index >= 15 is 0 Å². The molecule has 43 heavy (non-hydrogen) atoms. The SMILES string of the molecule is CCCc1c(Cc2ccc(-c3ccccc3-c3nnn[nH]3)cc2)c(=O)n2n1C(C1(C(=O)OC(C)C)CCCCC1)CCC2. The highest BCUT2D eigenvalue weighted by Crippen LogP contribution is 2.50. The monoisotopic (exact) mass is 582 g/mol. The van der Waals surface area contributed by atoms with Crippen LogP contribution in [0.25, 0.3) is 22.5 Å². The standard InChI is InChI=1S/C34H42N6O3/c1-4-11-29-28(22-24-15-17-25(18-16-24)26-12-6-7-13-27(26)31-35-37-38-36-31)32(41)39-21-10-14-30(40(29)39)34(19-8-5-9-20-34)33(42)43-23(2)3/h6-7,12-13,15-18,23,30H,4-5,8-11,14,19-22H2,1-3H3,(H,35,36,37,38). The average molecular weight is 583 g/mol. The Balaban J connectivity index is 1.36. The van der Waals surface area contributed by atoms with Crippen LogP contribution >= 0.6 is 0 Å². The van der Waals surface area contributed by atoms with Crippen molar-refractivity contribution in [2.45, 2.75) is 104 Å². The molecule has 1 unspecified atom stereocenters. The Morgan fingerprint density at radius 3 is 2.47 bits per heavy atom. The summed E-state index contributed by atoms with van der Waals surface area (Å²) in [6.45, 7) is 6.71. The highest BCUT2D eigenvalue weighted by atomic mass is 16.5. The first kappa shape index (κ1) is 29.1. The van der Waals surface area contributed by atoms with Crippen LogP contribution in [0.3, 0.4) is 0 Å². The van der Waals surface area contributed by atoms with Crippen molar-refractivity contribution in [3.8, 4) is 22.5 Å². The van der Waals surface area contributed by atoms with Crippen LogP contribution in [0.5, 0.6) is 0 Å². The molecule has 3 heterocycles. The maximum absolute atomic E-state index is 14.1. The molecule has 2 aromatic carbocycles. The van der Waals surface area contributed by atoms with E-state index in [2.05, 4.69) is 62.6 Å². The Bertz CT molecular complexity index is 1610. The summed E-state index contributed by atoms with van der Waals surface area (Å²) in [4.78, 5) is 27.9. The van der Waals surface area contributed by atoms with Crippen molar-refractivity contribution in [3.63, 3.8) is 0 Å². The van der Waals surface area contributed by atoms with Gasteiger partial charge in [0.25, 0.3) is 5.56 Å². The zero-order chi connectivity index (χ0) is 30.0. The molecule has 4 aromatic rings. The average Bonchev–Trinajstić information content (AvgIpc) is 3.65. The number of carbonyl (C=O) groups excluding carboxylic acids is 1. The van der Waals surface area contributed by atoms with Crippen LogP contribution in [0.2, 0.25) is 0 Å². The number of benzene rings is 2. The second-order valence-corrected chi connectivity index (χ2v) is 12.4. The molecule has 6 rings (SSSR count). The van der Waals surface area contributed by atoms with Gasteiger partial charge < -0.3 is 4.74 Å². The van der Waals surface area contributed by atoms with Crippen LogP contribution in [-0.4, -0.2) is 42.1 Å². The molecule has 0 amide bonds. The summed E-state index contributed by atoms with van der Waals surface area (Å²) in [5.41, 5.74) is 5.57. The van der Waals surface area contributed by atoms with Crippen LogP contribution in [0, 0.1) is 5.41 Å². The normalized spacial score (nSPS) is 18.0. The van der Waals surface area contributed by atoms with E-state index in [0.717, 1.165) is 91.3 Å². The number of ether oxygens (including phenoxy) is 1. The zero-order valence-corrected chi connectivity index (χ0v) is 25.5. The van der Waals surface area contributed by atoms with Crippen molar-refractivity contribution in [2.24, 2.45) is 5.41 Å². The van der Waals surface area contributed by atoms with E-state index < -0.39 is 5.41 Å². The summed E-state index contributed by atoms with van der Waals surface area (Å²) in [5.74, 6) is 0.543. The minimum Gasteiger partial charge on any atom is -0.462 e. The lowest BCUT2D eigenvalue weighted by molar-refractivity contribution is -0.167. The van der Waals surface area contributed by atoms with Crippen molar-refractivity contribution in [1.82, 2.24) is 30.0 Å². The summed E-state index contributed by atoms with van der Waals surface area (Å²) in [5, 5.41) is 14.4. The van der Waals surface area contributed by atoms with E-state index in [4.69, 9.17) is 4.74 Å². The van der Waals surface area contributed by atoms with Crippen LogP contribution < -0.4 is 5.56 Å². The van der Waals surface area contributed by atoms with E-state index in [1.165, 1.54) is 0 Å². The van der Waals surface area contributed by atoms with Gasteiger partial charge >= 0.3 is 5.97 Å². The number of hydrogen-bond donors (Lipinski definition) is 1. The van der Waals surface area contributed by atoms with E-state index in [-0.39, 0.29) is 23.7 Å². The summed E-state index contributed by atoms with van der Waals surface area (Å²) < 4.78 is 10.1. The molecule has 1 aliphatic heterocycles. The van der Waals surface area contributed by atoms with Crippen molar-refractivity contribution in [1.29, 1.82) is 0 Å². The first-order chi connectivity index (χ1) is 20.9. The molecule has 0 saturated heterocycles. The third-order valence-corrected chi connectivity index (χ3v) is 9.31. The Morgan fingerprint density at radius 2 is 1.79 bits per heavy atom. The fourth-order valence-corrected chi connectivity index (χ4v) is 7.38. The third-order valence-electron chi connectivity index (χ3n) is 9.31. The molecule has 9 heteroatoms. The van der Waals surface area contributed by atoms with Crippen molar-refractivity contribution >= 4 is 5.97 Å².